The Kier molecular flexibility index (Phi) is 6.86. The number of anilines is 1. The van der Waals surface area contributed by atoms with Crippen LogP contribution in [-0.2, 0) is 9.53 Å². The van der Waals surface area contributed by atoms with E-state index < -0.39 is 0 Å². The molecule has 0 bridgehead atoms. The maximum absolute atomic E-state index is 12.6. The SMILES string of the molecule is N#Cc1ccc(Cl)cc1NC(=O)CN1CCCCC1CN1CCOCC1. The van der Waals surface area contributed by atoms with Crippen molar-refractivity contribution in [1.82, 2.24) is 9.80 Å². The standard InChI is InChI=1S/C19H25ClN4O2/c20-16-5-4-15(12-21)18(11-16)22-19(25)14-24-6-2-1-3-17(24)13-23-7-9-26-10-8-23/h4-5,11,17H,1-3,6-10,13-14H2,(H,22,25). The molecule has 3 rings (SSSR count). The summed E-state index contributed by atoms with van der Waals surface area (Å²) < 4.78 is 5.42. The van der Waals surface area contributed by atoms with Gasteiger partial charge in [0.05, 0.1) is 31.0 Å². The van der Waals surface area contributed by atoms with Gasteiger partial charge in [0.25, 0.3) is 0 Å². The molecule has 1 unspecified atom stereocenters. The van der Waals surface area contributed by atoms with Crippen LogP contribution in [0, 0.1) is 11.3 Å². The highest BCUT2D eigenvalue weighted by Gasteiger charge is 2.27. The van der Waals surface area contributed by atoms with Crippen LogP contribution in [0.1, 0.15) is 24.8 Å². The quantitative estimate of drug-likeness (QED) is 0.854. The van der Waals surface area contributed by atoms with Gasteiger partial charge in [-0.25, -0.2) is 0 Å². The summed E-state index contributed by atoms with van der Waals surface area (Å²) in [5, 5.41) is 12.6. The predicted molar refractivity (Wildman–Crippen MR) is 101 cm³/mol. The van der Waals surface area contributed by atoms with E-state index in [4.69, 9.17) is 16.3 Å². The van der Waals surface area contributed by atoms with Gasteiger partial charge in [-0.2, -0.15) is 5.26 Å². The van der Waals surface area contributed by atoms with Crippen molar-refractivity contribution in [3.63, 3.8) is 0 Å². The number of morpholine rings is 1. The average molecular weight is 377 g/mol. The van der Waals surface area contributed by atoms with Crippen molar-refractivity contribution in [2.24, 2.45) is 0 Å². The number of hydrogen-bond acceptors (Lipinski definition) is 5. The molecule has 2 aliphatic rings. The summed E-state index contributed by atoms with van der Waals surface area (Å²) in [5.41, 5.74) is 0.901. The molecular formula is C19H25ClN4O2. The lowest BCUT2D eigenvalue weighted by atomic mass is 10.0. The minimum absolute atomic E-state index is 0.0994. The molecule has 2 fully saturated rings. The van der Waals surface area contributed by atoms with Gasteiger partial charge in [-0.1, -0.05) is 18.0 Å². The van der Waals surface area contributed by atoms with Crippen LogP contribution in [-0.4, -0.2) is 67.7 Å². The van der Waals surface area contributed by atoms with Gasteiger partial charge in [-0.05, 0) is 37.6 Å². The number of likely N-dealkylation sites (tertiary alicyclic amines) is 1. The first-order valence-electron chi connectivity index (χ1n) is 9.19. The van der Waals surface area contributed by atoms with Gasteiger partial charge in [-0.15, -0.1) is 0 Å². The zero-order chi connectivity index (χ0) is 18.4. The molecule has 2 heterocycles. The van der Waals surface area contributed by atoms with E-state index >= 15 is 0 Å². The number of carbonyl (C=O) groups is 1. The second-order valence-electron chi connectivity index (χ2n) is 6.88. The zero-order valence-corrected chi connectivity index (χ0v) is 15.7. The molecule has 140 valence electrons. The second kappa shape index (κ2) is 9.33. The number of nitriles is 1. The minimum Gasteiger partial charge on any atom is -0.379 e. The van der Waals surface area contributed by atoms with Crippen molar-refractivity contribution in [3.8, 4) is 6.07 Å². The fraction of sp³-hybridized carbons (Fsp3) is 0.579. The van der Waals surface area contributed by atoms with Gasteiger partial charge in [-0.3, -0.25) is 14.6 Å². The number of piperidine rings is 1. The molecule has 2 saturated heterocycles. The number of halogens is 1. The van der Waals surface area contributed by atoms with E-state index in [-0.39, 0.29) is 5.91 Å². The second-order valence-corrected chi connectivity index (χ2v) is 7.32. The first-order valence-corrected chi connectivity index (χ1v) is 9.57. The molecule has 0 saturated carbocycles. The van der Waals surface area contributed by atoms with Gasteiger partial charge in [0.1, 0.15) is 6.07 Å². The molecular weight excluding hydrogens is 352 g/mol. The zero-order valence-electron chi connectivity index (χ0n) is 14.9. The minimum atomic E-state index is -0.0994. The first-order chi connectivity index (χ1) is 12.7. The van der Waals surface area contributed by atoms with Crippen LogP contribution >= 0.6 is 11.6 Å². The predicted octanol–water partition coefficient (Wildman–Crippen LogP) is 2.34. The van der Waals surface area contributed by atoms with Crippen LogP contribution in [0.2, 0.25) is 5.02 Å². The summed E-state index contributed by atoms with van der Waals surface area (Å²) in [5.74, 6) is -0.0994. The van der Waals surface area contributed by atoms with E-state index in [0.29, 0.717) is 28.9 Å². The molecule has 1 amide bonds. The molecule has 0 radical (unpaired) electrons. The van der Waals surface area contributed by atoms with E-state index in [0.717, 1.165) is 52.2 Å². The highest BCUT2D eigenvalue weighted by molar-refractivity contribution is 6.31. The van der Waals surface area contributed by atoms with E-state index in [9.17, 15) is 10.1 Å². The monoisotopic (exact) mass is 376 g/mol. The van der Waals surface area contributed by atoms with Crippen LogP contribution in [0.5, 0.6) is 0 Å². The summed E-state index contributed by atoms with van der Waals surface area (Å²) in [7, 11) is 0. The Labute approximate surface area is 159 Å². The van der Waals surface area contributed by atoms with Crippen LogP contribution < -0.4 is 5.32 Å². The summed E-state index contributed by atoms with van der Waals surface area (Å²) in [6.45, 7) is 5.76. The normalized spacial score (nSPS) is 21.9. The van der Waals surface area contributed by atoms with Gasteiger partial charge < -0.3 is 10.1 Å². The average Bonchev–Trinajstić information content (AvgIpc) is 2.64. The molecule has 0 spiro atoms. The first kappa shape index (κ1) is 19.1. The van der Waals surface area contributed by atoms with Gasteiger partial charge >= 0.3 is 0 Å². The lowest BCUT2D eigenvalue weighted by Crippen LogP contribution is -2.51. The number of rotatable bonds is 5. The highest BCUT2D eigenvalue weighted by Crippen LogP contribution is 2.22. The Bertz CT molecular complexity index is 670. The molecule has 7 heteroatoms. The summed E-state index contributed by atoms with van der Waals surface area (Å²) in [4.78, 5) is 17.3. The Morgan fingerprint density at radius 1 is 1.31 bits per heavy atom. The van der Waals surface area contributed by atoms with E-state index in [1.807, 2.05) is 0 Å². The molecule has 6 nitrogen and oxygen atoms in total. The lowest BCUT2D eigenvalue weighted by Gasteiger charge is -2.39. The topological polar surface area (TPSA) is 68.6 Å². The fourth-order valence-electron chi connectivity index (χ4n) is 3.65. The maximum Gasteiger partial charge on any atom is 0.238 e. The number of nitrogens with one attached hydrogen (secondary N) is 1. The molecule has 0 aromatic heterocycles. The van der Waals surface area contributed by atoms with Crippen molar-refractivity contribution < 1.29 is 9.53 Å². The molecule has 2 aliphatic heterocycles. The third-order valence-corrected chi connectivity index (χ3v) is 5.28. The Morgan fingerprint density at radius 2 is 2.12 bits per heavy atom. The maximum atomic E-state index is 12.6. The summed E-state index contributed by atoms with van der Waals surface area (Å²) in [6.07, 6.45) is 3.44. The number of amides is 1. The third kappa shape index (κ3) is 5.18. The molecule has 0 aliphatic carbocycles. The van der Waals surface area contributed by atoms with Crippen molar-refractivity contribution in [1.29, 1.82) is 5.26 Å². The van der Waals surface area contributed by atoms with Crippen LogP contribution in [0.15, 0.2) is 18.2 Å². The van der Waals surface area contributed by atoms with Gasteiger partial charge in [0, 0.05) is 30.7 Å². The fourth-order valence-corrected chi connectivity index (χ4v) is 3.82. The van der Waals surface area contributed by atoms with E-state index in [1.54, 1.807) is 18.2 Å². The lowest BCUT2D eigenvalue weighted by molar-refractivity contribution is -0.118. The molecule has 1 atom stereocenters. The molecule has 26 heavy (non-hydrogen) atoms. The van der Waals surface area contributed by atoms with Crippen molar-refractivity contribution in [3.05, 3.63) is 28.8 Å². The van der Waals surface area contributed by atoms with Gasteiger partial charge in [0.2, 0.25) is 5.91 Å². The Hall–Kier alpha value is -1.65. The van der Waals surface area contributed by atoms with Crippen LogP contribution in [0.3, 0.4) is 0 Å². The summed E-state index contributed by atoms with van der Waals surface area (Å²) in [6, 6.07) is 7.38. The van der Waals surface area contributed by atoms with Crippen molar-refractivity contribution in [2.75, 3.05) is 51.3 Å². The summed E-state index contributed by atoms with van der Waals surface area (Å²) >= 11 is 5.99. The molecule has 1 aromatic carbocycles. The number of hydrogen-bond donors (Lipinski definition) is 1. The number of ether oxygens (including phenoxy) is 1. The number of carbonyl (C=O) groups excluding carboxylic acids is 1. The van der Waals surface area contributed by atoms with Crippen LogP contribution in [0.25, 0.3) is 0 Å². The molecule has 1 N–H and O–H groups in total. The van der Waals surface area contributed by atoms with E-state index in [2.05, 4.69) is 21.2 Å². The van der Waals surface area contributed by atoms with E-state index in [1.165, 1.54) is 6.42 Å². The van der Waals surface area contributed by atoms with Crippen molar-refractivity contribution >= 4 is 23.2 Å². The largest absolute Gasteiger partial charge is 0.379 e. The number of benzene rings is 1. The number of nitrogens with zero attached hydrogens (tertiary/aromatic N) is 3. The van der Waals surface area contributed by atoms with Gasteiger partial charge in [0.15, 0.2) is 0 Å². The smallest absolute Gasteiger partial charge is 0.238 e. The van der Waals surface area contributed by atoms with Crippen molar-refractivity contribution in [2.45, 2.75) is 25.3 Å². The Morgan fingerprint density at radius 3 is 2.88 bits per heavy atom. The van der Waals surface area contributed by atoms with Crippen LogP contribution in [0.4, 0.5) is 5.69 Å². The molecule has 1 aromatic rings. The Balaban J connectivity index is 1.59. The highest BCUT2D eigenvalue weighted by atomic mass is 35.5. The third-order valence-electron chi connectivity index (χ3n) is 5.04.